The van der Waals surface area contributed by atoms with Crippen molar-refractivity contribution < 1.29 is 4.79 Å². The smallest absolute Gasteiger partial charge is 0.219 e. The number of nitrogens with zero attached hydrogens (tertiary/aromatic N) is 1. The monoisotopic (exact) mass is 288 g/mol. The SMILES string of the molecule is CCC(=O)NCc1c(-n2cccc2)sc2c1CCCC2. The maximum absolute atomic E-state index is 11.6. The molecule has 1 aliphatic rings. The van der Waals surface area contributed by atoms with Gasteiger partial charge in [0.15, 0.2) is 0 Å². The van der Waals surface area contributed by atoms with Gasteiger partial charge >= 0.3 is 0 Å². The van der Waals surface area contributed by atoms with Crippen LogP contribution in [0.5, 0.6) is 0 Å². The lowest BCUT2D eigenvalue weighted by Gasteiger charge is -2.13. The standard InChI is InChI=1S/C16H20N2OS/c1-2-15(19)17-11-13-12-7-3-4-8-14(12)20-16(13)18-9-5-6-10-18/h5-6,9-10H,2-4,7-8,11H2,1H3,(H,17,19). The highest BCUT2D eigenvalue weighted by atomic mass is 32.1. The number of fused-ring (bicyclic) bond motifs is 1. The number of aryl methyl sites for hydroxylation is 1. The van der Waals surface area contributed by atoms with Crippen LogP contribution in [0.2, 0.25) is 0 Å². The van der Waals surface area contributed by atoms with Gasteiger partial charge in [-0.25, -0.2) is 0 Å². The summed E-state index contributed by atoms with van der Waals surface area (Å²) in [5.74, 6) is 0.124. The van der Waals surface area contributed by atoms with Crippen molar-refractivity contribution in [2.75, 3.05) is 0 Å². The Kier molecular flexibility index (Phi) is 3.92. The summed E-state index contributed by atoms with van der Waals surface area (Å²) in [5.41, 5.74) is 2.81. The molecule has 2 aromatic heterocycles. The van der Waals surface area contributed by atoms with Gasteiger partial charge in [0, 0.05) is 35.8 Å². The van der Waals surface area contributed by atoms with Crippen molar-refractivity contribution in [2.45, 2.75) is 45.6 Å². The molecule has 0 spiro atoms. The Morgan fingerprint density at radius 1 is 1.30 bits per heavy atom. The zero-order valence-corrected chi connectivity index (χ0v) is 12.6. The molecule has 0 atom stereocenters. The van der Waals surface area contributed by atoms with Gasteiger partial charge in [-0.15, -0.1) is 11.3 Å². The third-order valence-electron chi connectivity index (χ3n) is 3.88. The molecule has 2 heterocycles. The largest absolute Gasteiger partial charge is 0.352 e. The molecule has 0 bridgehead atoms. The molecule has 0 fully saturated rings. The second-order valence-electron chi connectivity index (χ2n) is 5.22. The van der Waals surface area contributed by atoms with Crippen molar-refractivity contribution in [3.63, 3.8) is 0 Å². The third kappa shape index (κ3) is 2.52. The van der Waals surface area contributed by atoms with Crippen LogP contribution >= 0.6 is 11.3 Å². The van der Waals surface area contributed by atoms with Crippen LogP contribution in [0.4, 0.5) is 0 Å². The van der Waals surface area contributed by atoms with Gasteiger partial charge in [-0.1, -0.05) is 6.92 Å². The minimum atomic E-state index is 0.124. The molecule has 1 aliphatic carbocycles. The molecule has 0 aliphatic heterocycles. The minimum Gasteiger partial charge on any atom is -0.352 e. The van der Waals surface area contributed by atoms with Crippen LogP contribution in [0.1, 0.15) is 42.2 Å². The number of aromatic nitrogens is 1. The lowest BCUT2D eigenvalue weighted by atomic mass is 9.95. The molecule has 20 heavy (non-hydrogen) atoms. The van der Waals surface area contributed by atoms with Crippen LogP contribution in [0.25, 0.3) is 5.00 Å². The highest BCUT2D eigenvalue weighted by molar-refractivity contribution is 7.14. The zero-order chi connectivity index (χ0) is 13.9. The Morgan fingerprint density at radius 2 is 2.05 bits per heavy atom. The van der Waals surface area contributed by atoms with Crippen molar-refractivity contribution in [1.29, 1.82) is 0 Å². The summed E-state index contributed by atoms with van der Waals surface area (Å²) in [6.07, 6.45) is 9.62. The Balaban J connectivity index is 1.96. The first kappa shape index (κ1) is 13.4. The predicted molar refractivity (Wildman–Crippen MR) is 82.4 cm³/mol. The zero-order valence-electron chi connectivity index (χ0n) is 11.8. The molecule has 4 heteroatoms. The molecule has 106 valence electrons. The molecule has 3 nitrogen and oxygen atoms in total. The second kappa shape index (κ2) is 5.83. The first-order valence-corrected chi connectivity index (χ1v) is 8.14. The molecule has 3 rings (SSSR count). The Hall–Kier alpha value is -1.55. The summed E-state index contributed by atoms with van der Waals surface area (Å²) in [4.78, 5) is 13.1. The number of carbonyl (C=O) groups excluding carboxylic acids is 1. The fourth-order valence-corrected chi connectivity index (χ4v) is 4.16. The van der Waals surface area contributed by atoms with Gasteiger partial charge in [0.1, 0.15) is 5.00 Å². The third-order valence-corrected chi connectivity index (χ3v) is 5.23. The van der Waals surface area contributed by atoms with Gasteiger partial charge in [-0.2, -0.15) is 0 Å². The van der Waals surface area contributed by atoms with E-state index in [-0.39, 0.29) is 5.91 Å². The van der Waals surface area contributed by atoms with Crippen molar-refractivity contribution in [2.24, 2.45) is 0 Å². The van der Waals surface area contributed by atoms with Gasteiger partial charge in [-0.3, -0.25) is 4.79 Å². The molecule has 0 aromatic carbocycles. The van der Waals surface area contributed by atoms with Gasteiger partial charge < -0.3 is 9.88 Å². The van der Waals surface area contributed by atoms with Crippen LogP contribution in [0, 0.1) is 0 Å². The van der Waals surface area contributed by atoms with Gasteiger partial charge in [0.05, 0.1) is 0 Å². The van der Waals surface area contributed by atoms with Crippen LogP contribution < -0.4 is 5.32 Å². The minimum absolute atomic E-state index is 0.124. The average molecular weight is 288 g/mol. The number of hydrogen-bond acceptors (Lipinski definition) is 2. The molecule has 0 saturated heterocycles. The van der Waals surface area contributed by atoms with E-state index in [2.05, 4.69) is 22.3 Å². The molecule has 0 radical (unpaired) electrons. The van der Waals surface area contributed by atoms with Crippen molar-refractivity contribution in [3.8, 4) is 5.00 Å². The molecular formula is C16H20N2OS. The van der Waals surface area contributed by atoms with Gasteiger partial charge in [0.2, 0.25) is 5.91 Å². The van der Waals surface area contributed by atoms with Crippen molar-refractivity contribution in [1.82, 2.24) is 9.88 Å². The fraction of sp³-hybridized carbons (Fsp3) is 0.438. The van der Waals surface area contributed by atoms with E-state index in [4.69, 9.17) is 0 Å². The van der Waals surface area contributed by atoms with Crippen molar-refractivity contribution in [3.05, 3.63) is 40.5 Å². The molecule has 1 N–H and O–H groups in total. The Bertz CT molecular complexity index is 598. The number of carbonyl (C=O) groups is 1. The normalized spacial score (nSPS) is 14.1. The molecule has 0 unspecified atom stereocenters. The van der Waals surface area contributed by atoms with Crippen LogP contribution in [0.15, 0.2) is 24.5 Å². The van der Waals surface area contributed by atoms with E-state index >= 15 is 0 Å². The summed E-state index contributed by atoms with van der Waals surface area (Å²) >= 11 is 1.89. The molecule has 1 amide bonds. The predicted octanol–water partition coefficient (Wildman–Crippen LogP) is 3.44. The van der Waals surface area contributed by atoms with Crippen molar-refractivity contribution >= 4 is 17.2 Å². The summed E-state index contributed by atoms with van der Waals surface area (Å²) in [7, 11) is 0. The first-order chi connectivity index (χ1) is 9.79. The molecule has 2 aromatic rings. The number of hydrogen-bond donors (Lipinski definition) is 1. The van der Waals surface area contributed by atoms with E-state index in [0.29, 0.717) is 13.0 Å². The lowest BCUT2D eigenvalue weighted by Crippen LogP contribution is -2.22. The molecule has 0 saturated carbocycles. The van der Waals surface area contributed by atoms with Crippen LogP contribution in [-0.4, -0.2) is 10.5 Å². The first-order valence-electron chi connectivity index (χ1n) is 7.33. The number of nitrogens with one attached hydrogen (secondary N) is 1. The molecular weight excluding hydrogens is 268 g/mol. The Labute approximate surface area is 123 Å². The van der Waals surface area contributed by atoms with E-state index in [1.54, 1.807) is 0 Å². The van der Waals surface area contributed by atoms with Gasteiger partial charge in [-0.05, 0) is 43.4 Å². The van der Waals surface area contributed by atoms with Crippen LogP contribution in [0.3, 0.4) is 0 Å². The lowest BCUT2D eigenvalue weighted by molar-refractivity contribution is -0.120. The number of rotatable bonds is 4. The van der Waals surface area contributed by atoms with E-state index < -0.39 is 0 Å². The maximum atomic E-state index is 11.6. The van der Waals surface area contributed by atoms with E-state index in [1.807, 2.05) is 30.4 Å². The fourth-order valence-electron chi connectivity index (χ4n) is 2.79. The highest BCUT2D eigenvalue weighted by Crippen LogP contribution is 2.36. The van der Waals surface area contributed by atoms with Gasteiger partial charge in [0.25, 0.3) is 0 Å². The summed E-state index contributed by atoms with van der Waals surface area (Å²) in [6.45, 7) is 2.55. The summed E-state index contributed by atoms with van der Waals surface area (Å²) < 4.78 is 2.18. The maximum Gasteiger partial charge on any atom is 0.219 e. The number of amides is 1. The topological polar surface area (TPSA) is 34.0 Å². The summed E-state index contributed by atoms with van der Waals surface area (Å²) in [5, 5.41) is 4.32. The van der Waals surface area contributed by atoms with Crippen LogP contribution in [-0.2, 0) is 24.2 Å². The van der Waals surface area contributed by atoms with E-state index in [9.17, 15) is 4.79 Å². The quantitative estimate of drug-likeness (QED) is 0.918. The summed E-state index contributed by atoms with van der Waals surface area (Å²) in [6, 6.07) is 4.10. The Morgan fingerprint density at radius 3 is 2.80 bits per heavy atom. The average Bonchev–Trinajstić information content (AvgIpc) is 3.11. The highest BCUT2D eigenvalue weighted by Gasteiger charge is 2.21. The van der Waals surface area contributed by atoms with E-state index in [0.717, 1.165) is 6.42 Å². The number of thiophene rings is 1. The van der Waals surface area contributed by atoms with E-state index in [1.165, 1.54) is 40.3 Å². The second-order valence-corrected chi connectivity index (χ2v) is 6.30.